The van der Waals surface area contributed by atoms with Gasteiger partial charge in [-0.2, -0.15) is 0 Å². The van der Waals surface area contributed by atoms with Crippen LogP contribution in [0.5, 0.6) is 5.75 Å². The predicted molar refractivity (Wildman–Crippen MR) is 65.4 cm³/mol. The summed E-state index contributed by atoms with van der Waals surface area (Å²) in [5, 5.41) is 7.26. The van der Waals surface area contributed by atoms with E-state index in [4.69, 9.17) is 9.84 Å². The number of sulfone groups is 1. The van der Waals surface area contributed by atoms with Crippen LogP contribution in [0.25, 0.3) is 0 Å². The molecule has 5 nitrogen and oxygen atoms in total. The molecule has 0 amide bonds. The Morgan fingerprint density at radius 1 is 1.58 bits per heavy atom. The fourth-order valence-electron chi connectivity index (χ4n) is 1.94. The van der Waals surface area contributed by atoms with Crippen molar-refractivity contribution in [3.8, 4) is 5.75 Å². The minimum atomic E-state index is -3.79. The molecule has 0 aliphatic carbocycles. The van der Waals surface area contributed by atoms with E-state index >= 15 is 0 Å². The highest BCUT2D eigenvalue weighted by Gasteiger charge is 2.34. The summed E-state index contributed by atoms with van der Waals surface area (Å²) in [6, 6.07) is 3.97. The minimum Gasteiger partial charge on any atom is -0.489 e. The van der Waals surface area contributed by atoms with Crippen LogP contribution >= 0.6 is 0 Å². The maximum absolute atomic E-state index is 13.0. The first-order valence-corrected chi connectivity index (χ1v) is 7.40. The Kier molecular flexibility index (Phi) is 3.49. The second-order valence-corrected chi connectivity index (χ2v) is 6.87. The van der Waals surface area contributed by atoms with Crippen LogP contribution in [0.3, 0.4) is 0 Å². The number of carbonyl (C=O) groups is 1. The first kappa shape index (κ1) is 13.8. The van der Waals surface area contributed by atoms with Gasteiger partial charge in [-0.15, -0.1) is 0 Å². The SMILES string of the molecule is CC(C(=O)O)S(=O)(=O)CC1Cc2cc(F)ccc2O1. The largest absolute Gasteiger partial charge is 0.489 e. The monoisotopic (exact) mass is 288 g/mol. The van der Waals surface area contributed by atoms with Crippen LogP contribution in [0, 0.1) is 5.82 Å². The van der Waals surface area contributed by atoms with E-state index in [2.05, 4.69) is 0 Å². The zero-order chi connectivity index (χ0) is 14.2. The summed E-state index contributed by atoms with van der Waals surface area (Å²) in [7, 11) is -3.79. The molecule has 1 aromatic rings. The van der Waals surface area contributed by atoms with E-state index < -0.39 is 38.7 Å². The molecule has 1 aromatic carbocycles. The molecule has 1 aliphatic rings. The van der Waals surface area contributed by atoms with E-state index in [1.807, 2.05) is 0 Å². The smallest absolute Gasteiger partial charge is 0.321 e. The lowest BCUT2D eigenvalue weighted by atomic mass is 10.1. The molecule has 0 radical (unpaired) electrons. The van der Waals surface area contributed by atoms with Crippen molar-refractivity contribution in [3.05, 3.63) is 29.6 Å². The summed E-state index contributed by atoms with van der Waals surface area (Å²) in [6.07, 6.45) is -0.401. The zero-order valence-corrected chi connectivity index (χ0v) is 11.0. The standard InChI is InChI=1S/C12H13FO5S/c1-7(12(14)15)19(16,17)6-10-5-8-4-9(13)2-3-11(8)18-10/h2-4,7,10H,5-6H2,1H3,(H,14,15). The van der Waals surface area contributed by atoms with Gasteiger partial charge >= 0.3 is 5.97 Å². The summed E-state index contributed by atoms with van der Waals surface area (Å²) in [4.78, 5) is 10.7. The van der Waals surface area contributed by atoms with E-state index in [9.17, 15) is 17.6 Å². The van der Waals surface area contributed by atoms with E-state index in [1.165, 1.54) is 18.2 Å². The van der Waals surface area contributed by atoms with Crippen molar-refractivity contribution in [2.45, 2.75) is 24.7 Å². The maximum Gasteiger partial charge on any atom is 0.321 e. The fourth-order valence-corrected chi connectivity index (χ4v) is 3.24. The lowest BCUT2D eigenvalue weighted by Crippen LogP contribution is -2.35. The third-order valence-corrected chi connectivity index (χ3v) is 5.18. The lowest BCUT2D eigenvalue weighted by molar-refractivity contribution is -0.136. The molecule has 1 heterocycles. The van der Waals surface area contributed by atoms with E-state index in [0.29, 0.717) is 11.3 Å². The van der Waals surface area contributed by atoms with Crippen LogP contribution in [-0.2, 0) is 21.1 Å². The molecule has 7 heteroatoms. The Bertz CT molecular complexity index is 611. The zero-order valence-electron chi connectivity index (χ0n) is 10.2. The third-order valence-electron chi connectivity index (χ3n) is 3.07. The average Bonchev–Trinajstić information content (AvgIpc) is 2.68. The van der Waals surface area contributed by atoms with Gasteiger partial charge in [-0.25, -0.2) is 12.8 Å². The summed E-state index contributed by atoms with van der Waals surface area (Å²) in [5.74, 6) is -1.74. The van der Waals surface area contributed by atoms with Crippen LogP contribution in [0.2, 0.25) is 0 Å². The van der Waals surface area contributed by atoms with Crippen LogP contribution < -0.4 is 4.74 Å². The van der Waals surface area contributed by atoms with Crippen LogP contribution in [-0.4, -0.2) is 36.6 Å². The van der Waals surface area contributed by atoms with E-state index in [-0.39, 0.29) is 6.42 Å². The Balaban J connectivity index is 2.10. The summed E-state index contributed by atoms with van der Waals surface area (Å²) >= 11 is 0. The third kappa shape index (κ3) is 2.86. The molecule has 1 aliphatic heterocycles. The number of benzene rings is 1. The first-order valence-electron chi connectivity index (χ1n) is 5.69. The van der Waals surface area contributed by atoms with Crippen molar-refractivity contribution < 1.29 is 27.4 Å². The predicted octanol–water partition coefficient (Wildman–Crippen LogP) is 1.02. The van der Waals surface area contributed by atoms with Gasteiger partial charge in [-0.3, -0.25) is 4.79 Å². The Morgan fingerprint density at radius 3 is 2.89 bits per heavy atom. The molecule has 19 heavy (non-hydrogen) atoms. The van der Waals surface area contributed by atoms with Crippen molar-refractivity contribution in [2.24, 2.45) is 0 Å². The number of fused-ring (bicyclic) bond motifs is 1. The molecule has 0 saturated heterocycles. The molecular weight excluding hydrogens is 275 g/mol. The van der Waals surface area contributed by atoms with Crippen molar-refractivity contribution >= 4 is 15.8 Å². The Morgan fingerprint density at radius 2 is 2.26 bits per heavy atom. The van der Waals surface area contributed by atoms with E-state index in [1.54, 1.807) is 0 Å². The van der Waals surface area contributed by atoms with Gasteiger partial charge in [0, 0.05) is 12.0 Å². The number of hydrogen-bond acceptors (Lipinski definition) is 4. The van der Waals surface area contributed by atoms with E-state index in [0.717, 1.165) is 6.92 Å². The van der Waals surface area contributed by atoms with Gasteiger partial charge < -0.3 is 9.84 Å². The highest BCUT2D eigenvalue weighted by atomic mass is 32.2. The number of hydrogen-bond donors (Lipinski definition) is 1. The highest BCUT2D eigenvalue weighted by Crippen LogP contribution is 2.30. The van der Waals surface area contributed by atoms with Crippen molar-refractivity contribution in [3.63, 3.8) is 0 Å². The maximum atomic E-state index is 13.0. The van der Waals surface area contributed by atoms with Gasteiger partial charge in [-0.05, 0) is 25.1 Å². The van der Waals surface area contributed by atoms with Gasteiger partial charge in [0.2, 0.25) is 0 Å². The van der Waals surface area contributed by atoms with Crippen LogP contribution in [0.4, 0.5) is 4.39 Å². The fraction of sp³-hybridized carbons (Fsp3) is 0.417. The van der Waals surface area contributed by atoms with Crippen molar-refractivity contribution in [2.75, 3.05) is 5.75 Å². The summed E-state index contributed by atoms with van der Waals surface area (Å²) < 4.78 is 42.0. The van der Waals surface area contributed by atoms with Gasteiger partial charge in [0.15, 0.2) is 15.1 Å². The molecule has 0 bridgehead atoms. The van der Waals surface area contributed by atoms with Crippen molar-refractivity contribution in [1.29, 1.82) is 0 Å². The number of rotatable bonds is 4. The number of carboxylic acid groups (broad SMARTS) is 1. The quantitative estimate of drug-likeness (QED) is 0.894. The second-order valence-electron chi connectivity index (χ2n) is 4.51. The normalized spacial score (nSPS) is 19.6. The second kappa shape index (κ2) is 4.80. The molecule has 1 N–H and O–H groups in total. The molecule has 2 atom stereocenters. The van der Waals surface area contributed by atoms with Gasteiger partial charge in [0.05, 0.1) is 5.75 Å². The molecular formula is C12H13FO5S. The average molecular weight is 288 g/mol. The molecule has 0 aromatic heterocycles. The number of ether oxygens (including phenoxy) is 1. The lowest BCUT2D eigenvalue weighted by Gasteiger charge is -2.13. The molecule has 104 valence electrons. The van der Waals surface area contributed by atoms with Gasteiger partial charge in [-0.1, -0.05) is 0 Å². The van der Waals surface area contributed by atoms with Crippen molar-refractivity contribution in [1.82, 2.24) is 0 Å². The number of halogens is 1. The Hall–Kier alpha value is -1.63. The minimum absolute atomic E-state index is 0.263. The van der Waals surface area contributed by atoms with Crippen LogP contribution in [0.1, 0.15) is 12.5 Å². The summed E-state index contributed by atoms with van der Waals surface area (Å²) in [5.41, 5.74) is 0.600. The highest BCUT2D eigenvalue weighted by molar-refractivity contribution is 7.92. The molecule has 2 rings (SSSR count). The molecule has 0 spiro atoms. The topological polar surface area (TPSA) is 80.7 Å². The number of aliphatic carboxylic acids is 1. The summed E-state index contributed by atoms with van der Waals surface area (Å²) in [6.45, 7) is 1.12. The molecule has 0 saturated carbocycles. The number of carboxylic acids is 1. The van der Waals surface area contributed by atoms with Gasteiger partial charge in [0.25, 0.3) is 0 Å². The molecule has 2 unspecified atom stereocenters. The first-order chi connectivity index (χ1) is 8.79. The molecule has 0 fully saturated rings. The Labute approximate surface area is 109 Å². The van der Waals surface area contributed by atoms with Gasteiger partial charge in [0.1, 0.15) is 17.7 Å². The van der Waals surface area contributed by atoms with Crippen LogP contribution in [0.15, 0.2) is 18.2 Å².